The highest BCUT2D eigenvalue weighted by Crippen LogP contribution is 2.40. The summed E-state index contributed by atoms with van der Waals surface area (Å²) in [6, 6.07) is 0. The smallest absolute Gasteiger partial charge is 0.256 e. The van der Waals surface area contributed by atoms with Crippen molar-refractivity contribution in [2.45, 2.75) is 38.3 Å². The zero-order valence-electron chi connectivity index (χ0n) is 11.1. The van der Waals surface area contributed by atoms with Crippen LogP contribution in [0, 0.1) is 0 Å². The second kappa shape index (κ2) is 4.31. The Bertz CT molecular complexity index is 624. The quantitative estimate of drug-likeness (QED) is 0.791. The van der Waals surface area contributed by atoms with Crippen molar-refractivity contribution in [2.24, 2.45) is 0 Å². The molecule has 2 aliphatic heterocycles. The summed E-state index contributed by atoms with van der Waals surface area (Å²) in [6.45, 7) is 2.20. The van der Waals surface area contributed by atoms with Crippen molar-refractivity contribution in [1.82, 2.24) is 10.2 Å². The molecule has 1 aromatic heterocycles. The van der Waals surface area contributed by atoms with E-state index < -0.39 is 5.54 Å². The first kappa shape index (κ1) is 13.1. The number of nitrogen functional groups attached to an aromatic ring is 1. The lowest BCUT2D eigenvalue weighted by atomic mass is 9.84. The van der Waals surface area contributed by atoms with Crippen LogP contribution in [0.25, 0.3) is 0 Å². The SMILES string of the molecule is CC[C@@]1(N2Cc3c(csc3N)C2=O)CCC(=O)NC1=O. The molecule has 0 radical (unpaired) electrons. The van der Waals surface area contributed by atoms with Crippen LogP contribution in [0.1, 0.15) is 42.1 Å². The number of nitrogens with two attached hydrogens (primary N) is 1. The van der Waals surface area contributed by atoms with Gasteiger partial charge in [0, 0.05) is 17.4 Å². The Morgan fingerprint density at radius 3 is 2.80 bits per heavy atom. The fraction of sp³-hybridized carbons (Fsp3) is 0.462. The Labute approximate surface area is 119 Å². The van der Waals surface area contributed by atoms with Crippen LogP contribution in [0.5, 0.6) is 0 Å². The van der Waals surface area contributed by atoms with Crippen LogP contribution in [0.4, 0.5) is 5.00 Å². The summed E-state index contributed by atoms with van der Waals surface area (Å²) < 4.78 is 0. The molecule has 1 atom stereocenters. The number of hydrogen-bond donors (Lipinski definition) is 2. The summed E-state index contributed by atoms with van der Waals surface area (Å²) >= 11 is 1.34. The number of fused-ring (bicyclic) bond motifs is 1. The molecule has 2 aliphatic rings. The van der Waals surface area contributed by atoms with Crippen LogP contribution in [-0.2, 0) is 16.1 Å². The number of piperidine rings is 1. The lowest BCUT2D eigenvalue weighted by molar-refractivity contribution is -0.143. The Morgan fingerprint density at radius 2 is 2.20 bits per heavy atom. The molecule has 106 valence electrons. The van der Waals surface area contributed by atoms with Gasteiger partial charge in [0.2, 0.25) is 5.91 Å². The summed E-state index contributed by atoms with van der Waals surface area (Å²) in [5.74, 6) is -0.823. The average molecular weight is 293 g/mol. The van der Waals surface area contributed by atoms with Crippen molar-refractivity contribution >= 4 is 34.1 Å². The van der Waals surface area contributed by atoms with Crippen LogP contribution >= 0.6 is 11.3 Å². The minimum Gasteiger partial charge on any atom is -0.390 e. The maximum Gasteiger partial charge on any atom is 0.256 e. The van der Waals surface area contributed by atoms with E-state index in [1.54, 1.807) is 10.3 Å². The largest absolute Gasteiger partial charge is 0.390 e. The molecular formula is C13H15N3O3S. The topological polar surface area (TPSA) is 92.5 Å². The molecule has 3 rings (SSSR count). The summed E-state index contributed by atoms with van der Waals surface area (Å²) in [4.78, 5) is 37.7. The average Bonchev–Trinajstić information content (AvgIpc) is 2.93. The van der Waals surface area contributed by atoms with E-state index in [0.717, 1.165) is 5.56 Å². The number of nitrogens with one attached hydrogen (secondary N) is 1. The maximum absolute atomic E-state index is 12.5. The number of anilines is 1. The number of carbonyl (C=O) groups is 3. The molecule has 3 N–H and O–H groups in total. The van der Waals surface area contributed by atoms with Crippen molar-refractivity contribution in [1.29, 1.82) is 0 Å². The maximum atomic E-state index is 12.5. The predicted octanol–water partition coefficient (Wildman–Crippen LogP) is 0.871. The summed E-state index contributed by atoms with van der Waals surface area (Å²) in [5.41, 5.74) is 6.33. The zero-order chi connectivity index (χ0) is 14.5. The summed E-state index contributed by atoms with van der Waals surface area (Å²) in [6.07, 6.45) is 1.10. The van der Waals surface area contributed by atoms with Gasteiger partial charge in [0.25, 0.3) is 11.8 Å². The highest BCUT2D eigenvalue weighted by Gasteiger charge is 2.51. The first-order valence-electron chi connectivity index (χ1n) is 6.51. The van der Waals surface area contributed by atoms with Crippen molar-refractivity contribution in [3.63, 3.8) is 0 Å². The molecule has 6 nitrogen and oxygen atoms in total. The van der Waals surface area contributed by atoms with Gasteiger partial charge in [-0.15, -0.1) is 11.3 Å². The molecule has 0 saturated carbocycles. The molecule has 3 amide bonds. The standard InChI is InChI=1S/C13H15N3O3S/c1-2-13(4-3-9(17)15-12(13)19)16-5-7-8(11(16)18)6-20-10(7)14/h6H,2-5,14H2,1H3,(H,15,17,19)/t13-/m1/s1. The Kier molecular flexibility index (Phi) is 2.82. The monoisotopic (exact) mass is 293 g/mol. The van der Waals surface area contributed by atoms with Crippen LogP contribution in [0.3, 0.4) is 0 Å². The minimum atomic E-state index is -0.936. The third kappa shape index (κ3) is 1.59. The van der Waals surface area contributed by atoms with Gasteiger partial charge >= 0.3 is 0 Å². The van der Waals surface area contributed by atoms with Gasteiger partial charge in [0.1, 0.15) is 5.54 Å². The Balaban J connectivity index is 1.98. The third-order valence-corrected chi connectivity index (χ3v) is 5.11. The van der Waals surface area contributed by atoms with Crippen molar-refractivity contribution in [3.05, 3.63) is 16.5 Å². The number of carbonyl (C=O) groups excluding carboxylic acids is 3. The molecule has 0 aliphatic carbocycles. The fourth-order valence-corrected chi connectivity index (χ4v) is 3.79. The van der Waals surface area contributed by atoms with Gasteiger partial charge in [-0.3, -0.25) is 19.7 Å². The molecule has 0 bridgehead atoms. The number of amides is 3. The van der Waals surface area contributed by atoms with Gasteiger partial charge < -0.3 is 10.6 Å². The Hall–Kier alpha value is -1.89. The summed E-state index contributed by atoms with van der Waals surface area (Å²) in [5, 5.41) is 4.71. The van der Waals surface area contributed by atoms with Crippen LogP contribution < -0.4 is 11.1 Å². The van der Waals surface area contributed by atoms with E-state index in [4.69, 9.17) is 5.73 Å². The van der Waals surface area contributed by atoms with Crippen LogP contribution in [0.15, 0.2) is 5.38 Å². The van der Waals surface area contributed by atoms with Gasteiger partial charge in [0.15, 0.2) is 0 Å². The molecule has 1 fully saturated rings. The second-order valence-corrected chi connectivity index (χ2v) is 6.06. The molecule has 7 heteroatoms. The molecule has 0 unspecified atom stereocenters. The second-order valence-electron chi connectivity index (χ2n) is 5.15. The number of nitrogens with zero attached hydrogens (tertiary/aromatic N) is 1. The number of imide groups is 1. The number of hydrogen-bond acceptors (Lipinski definition) is 5. The molecule has 1 aromatic rings. The van der Waals surface area contributed by atoms with Crippen LogP contribution in [-0.4, -0.2) is 28.2 Å². The highest BCUT2D eigenvalue weighted by molar-refractivity contribution is 7.14. The van der Waals surface area contributed by atoms with Gasteiger partial charge in [-0.05, 0) is 12.8 Å². The van der Waals surface area contributed by atoms with Crippen molar-refractivity contribution in [3.8, 4) is 0 Å². The van der Waals surface area contributed by atoms with E-state index in [1.807, 2.05) is 6.92 Å². The van der Waals surface area contributed by atoms with E-state index in [1.165, 1.54) is 11.3 Å². The first-order chi connectivity index (χ1) is 9.49. The third-order valence-electron chi connectivity index (χ3n) is 4.26. The highest BCUT2D eigenvalue weighted by atomic mass is 32.1. The van der Waals surface area contributed by atoms with Crippen LogP contribution in [0.2, 0.25) is 0 Å². The normalized spacial score (nSPS) is 25.9. The minimum absolute atomic E-state index is 0.167. The van der Waals surface area contributed by atoms with E-state index >= 15 is 0 Å². The lowest BCUT2D eigenvalue weighted by Crippen LogP contribution is -2.62. The molecule has 20 heavy (non-hydrogen) atoms. The van der Waals surface area contributed by atoms with Crippen molar-refractivity contribution in [2.75, 3.05) is 5.73 Å². The van der Waals surface area contributed by atoms with E-state index in [0.29, 0.717) is 30.0 Å². The van der Waals surface area contributed by atoms with E-state index in [-0.39, 0.29) is 24.1 Å². The first-order valence-corrected chi connectivity index (χ1v) is 7.39. The Morgan fingerprint density at radius 1 is 1.45 bits per heavy atom. The molecule has 1 saturated heterocycles. The van der Waals surface area contributed by atoms with E-state index in [2.05, 4.69) is 5.32 Å². The zero-order valence-corrected chi connectivity index (χ0v) is 11.9. The fourth-order valence-electron chi connectivity index (χ4n) is 2.99. The predicted molar refractivity (Wildman–Crippen MR) is 74.0 cm³/mol. The van der Waals surface area contributed by atoms with Crippen molar-refractivity contribution < 1.29 is 14.4 Å². The van der Waals surface area contributed by atoms with Gasteiger partial charge in [0.05, 0.1) is 17.1 Å². The summed E-state index contributed by atoms with van der Waals surface area (Å²) in [7, 11) is 0. The van der Waals surface area contributed by atoms with Gasteiger partial charge in [-0.1, -0.05) is 6.92 Å². The number of thiophene rings is 1. The lowest BCUT2D eigenvalue weighted by Gasteiger charge is -2.42. The van der Waals surface area contributed by atoms with E-state index in [9.17, 15) is 14.4 Å². The molecule has 0 aromatic carbocycles. The molecule has 0 spiro atoms. The number of rotatable bonds is 2. The molecule has 3 heterocycles. The van der Waals surface area contributed by atoms with Gasteiger partial charge in [-0.2, -0.15) is 0 Å². The van der Waals surface area contributed by atoms with Gasteiger partial charge in [-0.25, -0.2) is 0 Å². The molecular weight excluding hydrogens is 278 g/mol.